The van der Waals surface area contributed by atoms with E-state index in [9.17, 15) is 19.7 Å². The minimum atomic E-state index is -0.957. The molecule has 10 nitrogen and oxygen atoms in total. The molecule has 1 atom stereocenters. The number of hydrogen-bond acceptors (Lipinski definition) is 7. The van der Waals surface area contributed by atoms with Gasteiger partial charge in [0.2, 0.25) is 5.69 Å². The molecule has 0 aromatic carbocycles. The van der Waals surface area contributed by atoms with Crippen LogP contribution >= 0.6 is 0 Å². The Morgan fingerprint density at radius 2 is 2.11 bits per heavy atom. The van der Waals surface area contributed by atoms with Crippen LogP contribution in [0.4, 0.5) is 16.3 Å². The van der Waals surface area contributed by atoms with E-state index in [4.69, 9.17) is 10.5 Å². The van der Waals surface area contributed by atoms with Gasteiger partial charge in [0.25, 0.3) is 5.91 Å². The van der Waals surface area contributed by atoms with Crippen molar-refractivity contribution in [2.75, 3.05) is 24.5 Å². The molecule has 1 aliphatic heterocycles. The second kappa shape index (κ2) is 7.77. The Balaban J connectivity index is 2.20. The average Bonchev–Trinajstić information content (AvgIpc) is 3.03. The first-order chi connectivity index (χ1) is 12.5. The number of anilines is 1. The molecule has 148 valence electrons. The zero-order valence-corrected chi connectivity index (χ0v) is 16.0. The smallest absolute Gasteiger partial charge is 0.410 e. The number of carbonyl (C=O) groups excluding carboxylic acids is 2. The molecule has 0 radical (unpaired) electrons. The lowest BCUT2D eigenvalue weighted by Crippen LogP contribution is -2.41. The number of likely N-dealkylation sites (N-methyl/N-ethyl adjacent to an activating group) is 1. The molecule has 0 bridgehead atoms. The van der Waals surface area contributed by atoms with E-state index in [1.54, 1.807) is 4.90 Å². The Morgan fingerprint density at radius 1 is 1.44 bits per heavy atom. The number of ether oxygens (including phenoxy) is 1. The molecule has 0 spiro atoms. The molecule has 1 aromatic heterocycles. The molecule has 10 heteroatoms. The van der Waals surface area contributed by atoms with Crippen molar-refractivity contribution in [1.82, 2.24) is 9.88 Å². The van der Waals surface area contributed by atoms with Crippen LogP contribution in [0.25, 0.3) is 0 Å². The number of nitrogens with two attached hydrogens (primary N) is 1. The van der Waals surface area contributed by atoms with Crippen LogP contribution in [0.1, 0.15) is 44.6 Å². The monoisotopic (exact) mass is 379 g/mol. The summed E-state index contributed by atoms with van der Waals surface area (Å²) in [5.41, 5.74) is 3.87. The summed E-state index contributed by atoms with van der Waals surface area (Å²) in [6, 6.07) is 2.67. The molecule has 0 aliphatic carbocycles. The summed E-state index contributed by atoms with van der Waals surface area (Å²) in [5.74, 6) is -0.547. The minimum Gasteiger partial charge on any atom is -0.444 e. The van der Waals surface area contributed by atoms with Crippen molar-refractivity contribution in [1.29, 1.82) is 0 Å². The van der Waals surface area contributed by atoms with Crippen molar-refractivity contribution >= 4 is 23.5 Å². The molecule has 0 unspecified atom stereocenters. The Bertz CT molecular complexity index is 746. The SMILES string of the molecule is CCN(c1ccc([N+](=O)[O-])c(C(N)=O)n1)[C@H]1CCN(C(=O)OC(C)(C)C)C1. The Kier molecular flexibility index (Phi) is 5.87. The second-order valence-corrected chi connectivity index (χ2v) is 7.31. The summed E-state index contributed by atoms with van der Waals surface area (Å²) in [4.78, 5) is 41.8. The van der Waals surface area contributed by atoms with Gasteiger partial charge in [-0.25, -0.2) is 9.78 Å². The summed E-state index contributed by atoms with van der Waals surface area (Å²) < 4.78 is 5.40. The fourth-order valence-corrected chi connectivity index (χ4v) is 3.03. The number of primary amides is 1. The Morgan fingerprint density at radius 3 is 2.63 bits per heavy atom. The van der Waals surface area contributed by atoms with E-state index >= 15 is 0 Å². The van der Waals surface area contributed by atoms with Crippen molar-refractivity contribution in [3.63, 3.8) is 0 Å². The van der Waals surface area contributed by atoms with Gasteiger partial charge in [0.05, 0.1) is 4.92 Å². The van der Waals surface area contributed by atoms with Crippen molar-refractivity contribution in [3.8, 4) is 0 Å². The fraction of sp³-hybridized carbons (Fsp3) is 0.588. The summed E-state index contributed by atoms with van der Waals surface area (Å²) in [6.45, 7) is 8.85. The number of amides is 2. The van der Waals surface area contributed by atoms with E-state index in [1.807, 2.05) is 32.6 Å². The summed E-state index contributed by atoms with van der Waals surface area (Å²) >= 11 is 0. The normalized spacial score (nSPS) is 16.9. The highest BCUT2D eigenvalue weighted by Crippen LogP contribution is 2.26. The van der Waals surface area contributed by atoms with Gasteiger partial charge < -0.3 is 20.3 Å². The van der Waals surface area contributed by atoms with Gasteiger partial charge in [0.15, 0.2) is 0 Å². The van der Waals surface area contributed by atoms with Crippen LogP contribution in [0.5, 0.6) is 0 Å². The van der Waals surface area contributed by atoms with Gasteiger partial charge >= 0.3 is 11.8 Å². The van der Waals surface area contributed by atoms with Crippen molar-refractivity contribution in [3.05, 3.63) is 27.9 Å². The maximum atomic E-state index is 12.3. The van der Waals surface area contributed by atoms with Crippen molar-refractivity contribution < 1.29 is 19.2 Å². The van der Waals surface area contributed by atoms with E-state index in [1.165, 1.54) is 12.1 Å². The van der Waals surface area contributed by atoms with Crippen molar-refractivity contribution in [2.24, 2.45) is 5.73 Å². The maximum absolute atomic E-state index is 12.3. The highest BCUT2D eigenvalue weighted by Gasteiger charge is 2.33. The van der Waals surface area contributed by atoms with Gasteiger partial charge in [0.1, 0.15) is 11.4 Å². The molecule has 0 saturated carbocycles. The summed E-state index contributed by atoms with van der Waals surface area (Å²) in [5, 5.41) is 11.1. The lowest BCUT2D eigenvalue weighted by atomic mass is 10.2. The highest BCUT2D eigenvalue weighted by atomic mass is 16.6. The quantitative estimate of drug-likeness (QED) is 0.610. The molecule has 2 rings (SSSR count). The standard InChI is InChI=1S/C17H25N5O5/c1-5-21(11-8-9-20(10-11)16(24)27-17(2,3)4)13-7-6-12(22(25)26)14(19-13)15(18)23/h6-7,11H,5,8-10H2,1-4H3,(H2,18,23)/t11-/m0/s1. The second-order valence-electron chi connectivity index (χ2n) is 7.31. The van der Waals surface area contributed by atoms with Crippen LogP contribution in [0.15, 0.2) is 12.1 Å². The molecule has 27 heavy (non-hydrogen) atoms. The van der Waals surface area contributed by atoms with Gasteiger partial charge in [-0.05, 0) is 40.2 Å². The first-order valence-corrected chi connectivity index (χ1v) is 8.73. The van der Waals surface area contributed by atoms with Crippen LogP contribution in [0.3, 0.4) is 0 Å². The highest BCUT2D eigenvalue weighted by molar-refractivity contribution is 5.95. The number of likely N-dealkylation sites (tertiary alicyclic amines) is 1. The molecule has 1 saturated heterocycles. The Hall–Kier alpha value is -2.91. The molecule has 1 aromatic rings. The molecule has 1 aliphatic rings. The van der Waals surface area contributed by atoms with Gasteiger partial charge in [0, 0.05) is 31.7 Å². The average molecular weight is 379 g/mol. The van der Waals surface area contributed by atoms with Gasteiger partial charge in [-0.15, -0.1) is 0 Å². The lowest BCUT2D eigenvalue weighted by molar-refractivity contribution is -0.385. The topological polar surface area (TPSA) is 132 Å². The first kappa shape index (κ1) is 20.4. The van der Waals surface area contributed by atoms with E-state index in [-0.39, 0.29) is 17.8 Å². The van der Waals surface area contributed by atoms with Crippen LogP contribution in [0, 0.1) is 10.1 Å². The van der Waals surface area contributed by atoms with Crippen LogP contribution in [-0.2, 0) is 4.74 Å². The van der Waals surface area contributed by atoms with Gasteiger partial charge in [-0.1, -0.05) is 0 Å². The molecule has 2 amide bonds. The largest absolute Gasteiger partial charge is 0.444 e. The fourth-order valence-electron chi connectivity index (χ4n) is 3.03. The third-order valence-corrected chi connectivity index (χ3v) is 4.18. The number of pyridine rings is 1. The van der Waals surface area contributed by atoms with E-state index < -0.39 is 22.1 Å². The predicted octanol–water partition coefficient (Wildman–Crippen LogP) is 1.92. The minimum absolute atomic E-state index is 0.0443. The third kappa shape index (κ3) is 4.83. The van der Waals surface area contributed by atoms with E-state index in [0.717, 1.165) is 0 Å². The number of rotatable bonds is 5. The van der Waals surface area contributed by atoms with Crippen LogP contribution < -0.4 is 10.6 Å². The molecule has 1 fully saturated rings. The van der Waals surface area contributed by atoms with Gasteiger partial charge in [-0.3, -0.25) is 14.9 Å². The maximum Gasteiger partial charge on any atom is 0.410 e. The molecule has 2 heterocycles. The van der Waals surface area contributed by atoms with Crippen LogP contribution in [-0.4, -0.2) is 58.1 Å². The summed E-state index contributed by atoms with van der Waals surface area (Å²) in [6.07, 6.45) is 0.313. The number of hydrogen-bond donors (Lipinski definition) is 1. The zero-order valence-electron chi connectivity index (χ0n) is 16.0. The summed E-state index contributed by atoms with van der Waals surface area (Å²) in [7, 11) is 0. The van der Waals surface area contributed by atoms with Crippen LogP contribution in [0.2, 0.25) is 0 Å². The zero-order chi connectivity index (χ0) is 20.4. The van der Waals surface area contributed by atoms with E-state index in [2.05, 4.69) is 4.98 Å². The lowest BCUT2D eigenvalue weighted by Gasteiger charge is -2.29. The number of nitrogens with zero attached hydrogens (tertiary/aromatic N) is 4. The predicted molar refractivity (Wildman–Crippen MR) is 98.6 cm³/mol. The molecular weight excluding hydrogens is 354 g/mol. The molecular formula is C17H25N5O5. The van der Waals surface area contributed by atoms with E-state index in [0.29, 0.717) is 31.9 Å². The number of nitro groups is 1. The Labute approximate surface area is 157 Å². The van der Waals surface area contributed by atoms with Crippen molar-refractivity contribution in [2.45, 2.75) is 45.8 Å². The number of aromatic nitrogens is 1. The first-order valence-electron chi connectivity index (χ1n) is 8.73. The number of carbonyl (C=O) groups is 2. The van der Waals surface area contributed by atoms with Gasteiger partial charge in [-0.2, -0.15) is 0 Å². The third-order valence-electron chi connectivity index (χ3n) is 4.18. The molecule has 2 N–H and O–H groups in total.